The molecule has 0 aliphatic carbocycles. The number of ether oxygens (including phenoxy) is 1. The number of hydrogen-bond acceptors (Lipinski definition) is 4. The largest absolute Gasteiger partial charge is 0.381 e. The van der Waals surface area contributed by atoms with Gasteiger partial charge in [0.15, 0.2) is 0 Å². The summed E-state index contributed by atoms with van der Waals surface area (Å²) in [5.41, 5.74) is 8.97. The van der Waals surface area contributed by atoms with E-state index in [2.05, 4.69) is 9.97 Å². The molecule has 1 aliphatic heterocycles. The maximum absolute atomic E-state index is 5.66. The SMILES string of the molecule is Cc1nc(CN)c2c(n1)CCOCC2. The first-order valence-electron chi connectivity index (χ1n) is 4.94. The van der Waals surface area contributed by atoms with Gasteiger partial charge in [0.25, 0.3) is 0 Å². The van der Waals surface area contributed by atoms with Gasteiger partial charge >= 0.3 is 0 Å². The molecular formula is C10H15N3O. The van der Waals surface area contributed by atoms with Gasteiger partial charge in [-0.3, -0.25) is 0 Å². The lowest BCUT2D eigenvalue weighted by atomic mass is 10.1. The molecule has 0 amide bonds. The van der Waals surface area contributed by atoms with E-state index in [0.717, 1.165) is 43.3 Å². The molecule has 0 spiro atoms. The summed E-state index contributed by atoms with van der Waals surface area (Å²) in [5, 5.41) is 0. The van der Waals surface area contributed by atoms with Gasteiger partial charge in [0.1, 0.15) is 5.82 Å². The van der Waals surface area contributed by atoms with Crippen LogP contribution in [-0.4, -0.2) is 23.2 Å². The van der Waals surface area contributed by atoms with Crippen molar-refractivity contribution in [3.63, 3.8) is 0 Å². The number of rotatable bonds is 1. The van der Waals surface area contributed by atoms with Crippen molar-refractivity contribution in [2.75, 3.05) is 13.2 Å². The molecule has 0 saturated carbocycles. The van der Waals surface area contributed by atoms with E-state index in [-0.39, 0.29) is 0 Å². The molecule has 2 heterocycles. The van der Waals surface area contributed by atoms with Crippen LogP contribution in [0.5, 0.6) is 0 Å². The Kier molecular flexibility index (Phi) is 2.74. The molecule has 0 radical (unpaired) electrons. The van der Waals surface area contributed by atoms with Crippen molar-refractivity contribution < 1.29 is 4.74 Å². The van der Waals surface area contributed by atoms with Gasteiger partial charge in [-0.2, -0.15) is 0 Å². The first kappa shape index (κ1) is 9.55. The second kappa shape index (κ2) is 4.02. The fourth-order valence-corrected chi connectivity index (χ4v) is 1.83. The number of nitrogens with zero attached hydrogens (tertiary/aromatic N) is 2. The molecule has 76 valence electrons. The van der Waals surface area contributed by atoms with E-state index in [1.807, 2.05) is 6.92 Å². The second-order valence-corrected chi connectivity index (χ2v) is 3.46. The van der Waals surface area contributed by atoms with Gasteiger partial charge in [-0.05, 0) is 18.9 Å². The standard InChI is InChI=1S/C10H15N3O/c1-7-12-9-3-5-14-4-2-8(9)10(6-11)13-7/h2-6,11H2,1H3. The molecule has 0 atom stereocenters. The second-order valence-electron chi connectivity index (χ2n) is 3.46. The predicted molar refractivity (Wildman–Crippen MR) is 52.9 cm³/mol. The van der Waals surface area contributed by atoms with Crippen LogP contribution in [0.3, 0.4) is 0 Å². The summed E-state index contributed by atoms with van der Waals surface area (Å²) in [6, 6.07) is 0. The smallest absolute Gasteiger partial charge is 0.125 e. The summed E-state index contributed by atoms with van der Waals surface area (Å²) < 4.78 is 5.41. The third-order valence-corrected chi connectivity index (χ3v) is 2.46. The van der Waals surface area contributed by atoms with Crippen LogP contribution in [-0.2, 0) is 24.1 Å². The minimum absolute atomic E-state index is 0.492. The number of fused-ring (bicyclic) bond motifs is 1. The van der Waals surface area contributed by atoms with E-state index in [1.165, 1.54) is 5.56 Å². The number of hydrogen-bond donors (Lipinski definition) is 1. The third kappa shape index (κ3) is 1.76. The van der Waals surface area contributed by atoms with Gasteiger partial charge < -0.3 is 10.5 Å². The molecule has 1 aromatic rings. The number of aryl methyl sites for hydroxylation is 1. The average Bonchev–Trinajstić information content (AvgIpc) is 2.41. The van der Waals surface area contributed by atoms with Crippen LogP contribution in [0.25, 0.3) is 0 Å². The molecule has 0 bridgehead atoms. The van der Waals surface area contributed by atoms with Crippen LogP contribution in [0.15, 0.2) is 0 Å². The zero-order chi connectivity index (χ0) is 9.97. The Bertz CT molecular complexity index is 338. The fraction of sp³-hybridized carbons (Fsp3) is 0.600. The van der Waals surface area contributed by atoms with Gasteiger partial charge in [0, 0.05) is 18.7 Å². The van der Waals surface area contributed by atoms with Gasteiger partial charge in [-0.1, -0.05) is 0 Å². The van der Waals surface area contributed by atoms with Gasteiger partial charge in [0.2, 0.25) is 0 Å². The van der Waals surface area contributed by atoms with E-state index in [9.17, 15) is 0 Å². The van der Waals surface area contributed by atoms with E-state index in [1.54, 1.807) is 0 Å². The average molecular weight is 193 g/mol. The molecule has 4 heteroatoms. The summed E-state index contributed by atoms with van der Waals surface area (Å²) >= 11 is 0. The van der Waals surface area contributed by atoms with E-state index in [4.69, 9.17) is 10.5 Å². The van der Waals surface area contributed by atoms with E-state index >= 15 is 0 Å². The summed E-state index contributed by atoms with van der Waals surface area (Å²) in [4.78, 5) is 8.79. The van der Waals surface area contributed by atoms with Gasteiger partial charge in [-0.15, -0.1) is 0 Å². The monoisotopic (exact) mass is 193 g/mol. The highest BCUT2D eigenvalue weighted by atomic mass is 16.5. The lowest BCUT2D eigenvalue weighted by molar-refractivity contribution is 0.146. The molecule has 1 aromatic heterocycles. The van der Waals surface area contributed by atoms with Crippen LogP contribution >= 0.6 is 0 Å². The van der Waals surface area contributed by atoms with Crippen LogP contribution in [0, 0.1) is 6.92 Å². The Labute approximate surface area is 83.5 Å². The Morgan fingerprint density at radius 1 is 1.29 bits per heavy atom. The topological polar surface area (TPSA) is 61.0 Å². The molecule has 1 aliphatic rings. The summed E-state index contributed by atoms with van der Waals surface area (Å²) in [6.45, 7) is 3.91. The van der Waals surface area contributed by atoms with Crippen LogP contribution in [0.2, 0.25) is 0 Å². The maximum atomic E-state index is 5.66. The minimum Gasteiger partial charge on any atom is -0.381 e. The molecular weight excluding hydrogens is 178 g/mol. The quantitative estimate of drug-likeness (QED) is 0.699. The zero-order valence-electron chi connectivity index (χ0n) is 8.42. The maximum Gasteiger partial charge on any atom is 0.125 e. The normalized spacial score (nSPS) is 16.1. The minimum atomic E-state index is 0.492. The highest BCUT2D eigenvalue weighted by Gasteiger charge is 2.14. The lowest BCUT2D eigenvalue weighted by Crippen LogP contribution is -2.11. The van der Waals surface area contributed by atoms with Crippen molar-refractivity contribution in [1.29, 1.82) is 0 Å². The van der Waals surface area contributed by atoms with Crippen molar-refractivity contribution in [2.45, 2.75) is 26.3 Å². The highest BCUT2D eigenvalue weighted by molar-refractivity contribution is 5.27. The summed E-state index contributed by atoms with van der Waals surface area (Å²) in [6.07, 6.45) is 1.77. The number of aromatic nitrogens is 2. The summed E-state index contributed by atoms with van der Waals surface area (Å²) in [5.74, 6) is 0.811. The fourth-order valence-electron chi connectivity index (χ4n) is 1.83. The predicted octanol–water partition coefficient (Wildman–Crippen LogP) is 0.359. The van der Waals surface area contributed by atoms with Crippen LogP contribution < -0.4 is 5.73 Å². The number of nitrogens with two attached hydrogens (primary N) is 1. The van der Waals surface area contributed by atoms with E-state index in [0.29, 0.717) is 6.54 Å². The van der Waals surface area contributed by atoms with Crippen molar-refractivity contribution in [1.82, 2.24) is 9.97 Å². The highest BCUT2D eigenvalue weighted by Crippen LogP contribution is 2.15. The van der Waals surface area contributed by atoms with Crippen molar-refractivity contribution >= 4 is 0 Å². The molecule has 0 saturated heterocycles. The molecule has 0 unspecified atom stereocenters. The van der Waals surface area contributed by atoms with Crippen LogP contribution in [0.4, 0.5) is 0 Å². The van der Waals surface area contributed by atoms with Crippen molar-refractivity contribution in [3.8, 4) is 0 Å². The van der Waals surface area contributed by atoms with Crippen LogP contribution in [0.1, 0.15) is 22.8 Å². The van der Waals surface area contributed by atoms with Crippen molar-refractivity contribution in [3.05, 3.63) is 22.8 Å². The molecule has 2 rings (SSSR count). The molecule has 14 heavy (non-hydrogen) atoms. The first-order chi connectivity index (χ1) is 6.81. The van der Waals surface area contributed by atoms with Gasteiger partial charge in [0.05, 0.1) is 18.9 Å². The Morgan fingerprint density at radius 2 is 2.07 bits per heavy atom. The molecule has 0 fully saturated rings. The van der Waals surface area contributed by atoms with E-state index < -0.39 is 0 Å². The molecule has 0 aromatic carbocycles. The van der Waals surface area contributed by atoms with Crippen molar-refractivity contribution in [2.24, 2.45) is 5.73 Å². The van der Waals surface area contributed by atoms with Gasteiger partial charge in [-0.25, -0.2) is 9.97 Å². The zero-order valence-corrected chi connectivity index (χ0v) is 8.42. The summed E-state index contributed by atoms with van der Waals surface area (Å²) in [7, 11) is 0. The molecule has 4 nitrogen and oxygen atoms in total. The Balaban J connectivity index is 2.46. The Hall–Kier alpha value is -1.00. The Morgan fingerprint density at radius 3 is 2.86 bits per heavy atom. The third-order valence-electron chi connectivity index (χ3n) is 2.46. The lowest BCUT2D eigenvalue weighted by Gasteiger charge is -2.09. The molecule has 2 N–H and O–H groups in total. The first-order valence-corrected chi connectivity index (χ1v) is 4.94.